The van der Waals surface area contributed by atoms with Crippen molar-refractivity contribution in [2.75, 3.05) is 5.75 Å². The highest BCUT2D eigenvalue weighted by Gasteiger charge is 2.28. The molecule has 0 bridgehead atoms. The van der Waals surface area contributed by atoms with Gasteiger partial charge in [0, 0.05) is 6.04 Å². The third kappa shape index (κ3) is 1.37. The highest BCUT2D eigenvalue weighted by Crippen LogP contribution is 2.24. The fourth-order valence-electron chi connectivity index (χ4n) is 0.899. The lowest BCUT2D eigenvalue weighted by atomic mass is 10.2. The fraction of sp³-hybridized carbons (Fsp3) is 0.800. The van der Waals surface area contributed by atoms with Crippen LogP contribution in [0.4, 0.5) is 0 Å². The zero-order valence-corrected chi connectivity index (χ0v) is 5.86. The van der Waals surface area contributed by atoms with E-state index < -0.39 is 0 Å². The van der Waals surface area contributed by atoms with Gasteiger partial charge in [-0.2, -0.15) is 0 Å². The molecule has 1 aliphatic rings. The number of thioether (sulfide) groups is 1. The van der Waals surface area contributed by atoms with Crippen molar-refractivity contribution < 1.29 is 4.79 Å². The molecule has 0 aliphatic carbocycles. The van der Waals surface area contributed by atoms with Crippen molar-refractivity contribution in [1.82, 2.24) is 0 Å². The average molecular weight is 146 g/mol. The van der Waals surface area contributed by atoms with Crippen LogP contribution in [0.2, 0.25) is 0 Å². The van der Waals surface area contributed by atoms with Gasteiger partial charge in [-0.25, -0.2) is 0 Å². The van der Waals surface area contributed by atoms with Gasteiger partial charge in [0.2, 0.25) is 5.91 Å². The molecule has 1 heterocycles. The molecule has 0 spiro atoms. The highest BCUT2D eigenvalue weighted by molar-refractivity contribution is 8.00. The fourth-order valence-corrected chi connectivity index (χ4v) is 2.11. The smallest absolute Gasteiger partial charge is 0.232 e. The van der Waals surface area contributed by atoms with E-state index in [2.05, 4.69) is 0 Å². The molecule has 0 aromatic carbocycles. The number of amides is 1. The molecule has 2 atom stereocenters. The standard InChI is InChI=1S/C5H10N2OS/c6-3-1-2-9-4(3)5(7)8/h3-4H,1-2,6H2,(H2,7,8). The van der Waals surface area contributed by atoms with Crippen LogP contribution in [0.1, 0.15) is 6.42 Å². The van der Waals surface area contributed by atoms with Gasteiger partial charge in [-0.3, -0.25) is 4.79 Å². The molecular weight excluding hydrogens is 136 g/mol. The Kier molecular flexibility index (Phi) is 1.97. The second-order valence-electron chi connectivity index (χ2n) is 2.15. The Hall–Kier alpha value is -0.220. The quantitative estimate of drug-likeness (QED) is 0.514. The molecule has 1 aliphatic heterocycles. The Morgan fingerprint density at radius 2 is 2.33 bits per heavy atom. The molecule has 1 saturated heterocycles. The van der Waals surface area contributed by atoms with E-state index in [4.69, 9.17) is 11.5 Å². The van der Waals surface area contributed by atoms with Crippen LogP contribution < -0.4 is 11.5 Å². The van der Waals surface area contributed by atoms with Gasteiger partial charge < -0.3 is 11.5 Å². The Morgan fingerprint density at radius 3 is 2.56 bits per heavy atom. The molecule has 1 fully saturated rings. The van der Waals surface area contributed by atoms with Crippen molar-refractivity contribution in [2.24, 2.45) is 11.5 Å². The first kappa shape index (κ1) is 6.89. The average Bonchev–Trinajstić information content (AvgIpc) is 2.13. The number of carbonyl (C=O) groups is 1. The molecule has 3 nitrogen and oxygen atoms in total. The van der Waals surface area contributed by atoms with Gasteiger partial charge in [0.15, 0.2) is 0 Å². The molecule has 1 rings (SSSR count). The first-order valence-corrected chi connectivity index (χ1v) is 3.93. The van der Waals surface area contributed by atoms with Gasteiger partial charge in [-0.05, 0) is 12.2 Å². The topological polar surface area (TPSA) is 69.1 Å². The van der Waals surface area contributed by atoms with E-state index in [0.717, 1.165) is 12.2 Å². The monoisotopic (exact) mass is 146 g/mol. The Bertz CT molecular complexity index is 128. The Balaban J connectivity index is 2.49. The van der Waals surface area contributed by atoms with Crippen molar-refractivity contribution in [3.8, 4) is 0 Å². The van der Waals surface area contributed by atoms with Crippen LogP contribution in [0.25, 0.3) is 0 Å². The SMILES string of the molecule is NC(=O)C1SCCC1N. The zero-order valence-electron chi connectivity index (χ0n) is 5.04. The van der Waals surface area contributed by atoms with E-state index in [1.165, 1.54) is 0 Å². The first-order chi connectivity index (χ1) is 4.22. The zero-order chi connectivity index (χ0) is 6.85. The third-order valence-corrected chi connectivity index (χ3v) is 2.83. The summed E-state index contributed by atoms with van der Waals surface area (Å²) in [6.45, 7) is 0. The number of hydrogen-bond acceptors (Lipinski definition) is 3. The Morgan fingerprint density at radius 1 is 1.67 bits per heavy atom. The van der Waals surface area contributed by atoms with E-state index in [-0.39, 0.29) is 17.2 Å². The summed E-state index contributed by atoms with van der Waals surface area (Å²) in [5, 5.41) is -0.134. The van der Waals surface area contributed by atoms with Crippen LogP contribution in [0.15, 0.2) is 0 Å². The van der Waals surface area contributed by atoms with Crippen LogP contribution >= 0.6 is 11.8 Å². The van der Waals surface area contributed by atoms with Gasteiger partial charge in [0.05, 0.1) is 5.25 Å². The summed E-state index contributed by atoms with van der Waals surface area (Å²) in [6, 6.07) is -0.00694. The predicted octanol–water partition coefficient (Wildman–Crippen LogP) is -0.696. The summed E-state index contributed by atoms with van der Waals surface area (Å²) in [5.74, 6) is 0.694. The minimum atomic E-state index is -0.273. The summed E-state index contributed by atoms with van der Waals surface area (Å²) >= 11 is 1.56. The van der Waals surface area contributed by atoms with Gasteiger partial charge in [0.1, 0.15) is 0 Å². The molecular formula is C5H10N2OS. The second kappa shape index (κ2) is 2.58. The molecule has 2 unspecified atom stereocenters. The largest absolute Gasteiger partial charge is 0.369 e. The highest BCUT2D eigenvalue weighted by atomic mass is 32.2. The lowest BCUT2D eigenvalue weighted by Gasteiger charge is -2.07. The minimum absolute atomic E-state index is 0.00694. The van der Waals surface area contributed by atoms with Gasteiger partial charge >= 0.3 is 0 Å². The van der Waals surface area contributed by atoms with Crippen LogP contribution in [-0.2, 0) is 4.79 Å². The second-order valence-corrected chi connectivity index (χ2v) is 3.40. The van der Waals surface area contributed by atoms with E-state index >= 15 is 0 Å². The van der Waals surface area contributed by atoms with Crippen molar-refractivity contribution >= 4 is 17.7 Å². The summed E-state index contributed by atoms with van der Waals surface area (Å²) in [6.07, 6.45) is 0.915. The normalized spacial score (nSPS) is 34.8. The first-order valence-electron chi connectivity index (χ1n) is 2.88. The van der Waals surface area contributed by atoms with Crippen LogP contribution in [0.3, 0.4) is 0 Å². The number of nitrogens with two attached hydrogens (primary N) is 2. The van der Waals surface area contributed by atoms with Crippen LogP contribution in [0, 0.1) is 0 Å². The summed E-state index contributed by atoms with van der Waals surface area (Å²) in [4.78, 5) is 10.5. The summed E-state index contributed by atoms with van der Waals surface area (Å²) in [7, 11) is 0. The number of rotatable bonds is 1. The number of primary amides is 1. The molecule has 9 heavy (non-hydrogen) atoms. The van der Waals surface area contributed by atoms with E-state index in [1.54, 1.807) is 11.8 Å². The number of hydrogen-bond donors (Lipinski definition) is 2. The lowest BCUT2D eigenvalue weighted by molar-refractivity contribution is -0.117. The molecule has 52 valence electrons. The Labute approximate surface area is 58.2 Å². The van der Waals surface area contributed by atoms with E-state index in [9.17, 15) is 4.79 Å². The van der Waals surface area contributed by atoms with Crippen molar-refractivity contribution in [3.63, 3.8) is 0 Å². The maximum atomic E-state index is 10.5. The maximum Gasteiger partial charge on any atom is 0.232 e. The van der Waals surface area contributed by atoms with Gasteiger partial charge in [-0.15, -0.1) is 11.8 Å². The predicted molar refractivity (Wildman–Crippen MR) is 38.0 cm³/mol. The van der Waals surface area contributed by atoms with Crippen LogP contribution in [0.5, 0.6) is 0 Å². The number of carbonyl (C=O) groups excluding carboxylic acids is 1. The molecule has 0 radical (unpaired) electrons. The molecule has 0 aromatic rings. The van der Waals surface area contributed by atoms with Crippen molar-refractivity contribution in [2.45, 2.75) is 17.7 Å². The summed E-state index contributed by atoms with van der Waals surface area (Å²) in [5.41, 5.74) is 10.6. The molecule has 4 N–H and O–H groups in total. The molecule has 0 aromatic heterocycles. The summed E-state index contributed by atoms with van der Waals surface area (Å²) < 4.78 is 0. The van der Waals surface area contributed by atoms with E-state index in [1.807, 2.05) is 0 Å². The van der Waals surface area contributed by atoms with Crippen LogP contribution in [-0.4, -0.2) is 23.0 Å². The lowest BCUT2D eigenvalue weighted by Crippen LogP contribution is -2.38. The van der Waals surface area contributed by atoms with Gasteiger partial charge in [0.25, 0.3) is 0 Å². The minimum Gasteiger partial charge on any atom is -0.369 e. The molecule has 1 amide bonds. The maximum absolute atomic E-state index is 10.5. The van der Waals surface area contributed by atoms with Gasteiger partial charge in [-0.1, -0.05) is 0 Å². The third-order valence-electron chi connectivity index (χ3n) is 1.42. The molecule has 4 heteroatoms. The van der Waals surface area contributed by atoms with Crippen molar-refractivity contribution in [1.29, 1.82) is 0 Å². The van der Waals surface area contributed by atoms with E-state index in [0.29, 0.717) is 0 Å². The molecule has 0 saturated carbocycles. The van der Waals surface area contributed by atoms with Crippen molar-refractivity contribution in [3.05, 3.63) is 0 Å².